The minimum atomic E-state index is 0.746. The molecular formula is C24H27N7. The maximum atomic E-state index is 4.93. The number of hydrogen-bond donors (Lipinski definition) is 1. The van der Waals surface area contributed by atoms with Gasteiger partial charge in [0.15, 0.2) is 5.65 Å². The van der Waals surface area contributed by atoms with Crippen molar-refractivity contribution in [1.82, 2.24) is 19.7 Å². The van der Waals surface area contributed by atoms with Crippen LogP contribution >= 0.6 is 0 Å². The summed E-state index contributed by atoms with van der Waals surface area (Å²) in [6.07, 6.45) is 1.83. The van der Waals surface area contributed by atoms with Crippen molar-refractivity contribution in [2.24, 2.45) is 7.05 Å². The molecule has 1 aliphatic heterocycles. The first kappa shape index (κ1) is 19.4. The van der Waals surface area contributed by atoms with E-state index in [0.717, 1.165) is 54.7 Å². The van der Waals surface area contributed by atoms with Crippen LogP contribution in [0.15, 0.2) is 54.7 Å². The second-order valence-corrected chi connectivity index (χ2v) is 8.13. The number of aromatic nitrogens is 4. The molecule has 0 aliphatic carbocycles. The Bertz CT molecular complexity index is 1210. The van der Waals surface area contributed by atoms with Crippen LogP contribution in [-0.4, -0.2) is 45.9 Å². The fourth-order valence-electron chi connectivity index (χ4n) is 4.13. The molecule has 2 aromatic heterocycles. The zero-order chi connectivity index (χ0) is 21.4. The zero-order valence-corrected chi connectivity index (χ0v) is 18.2. The van der Waals surface area contributed by atoms with Crippen LogP contribution in [0.4, 0.5) is 23.1 Å². The number of rotatable bonds is 4. The highest BCUT2D eigenvalue weighted by molar-refractivity contribution is 5.89. The van der Waals surface area contributed by atoms with Crippen LogP contribution in [-0.2, 0) is 7.05 Å². The van der Waals surface area contributed by atoms with E-state index >= 15 is 0 Å². The van der Waals surface area contributed by atoms with Crippen LogP contribution in [0.1, 0.15) is 11.1 Å². The predicted octanol–water partition coefficient (Wildman–Crippen LogP) is 4.05. The lowest BCUT2D eigenvalue weighted by Gasteiger charge is -2.36. The summed E-state index contributed by atoms with van der Waals surface area (Å²) in [4.78, 5) is 14.5. The van der Waals surface area contributed by atoms with Crippen molar-refractivity contribution in [2.75, 3.05) is 41.3 Å². The Hall–Kier alpha value is -3.61. The molecule has 0 bridgehead atoms. The van der Waals surface area contributed by atoms with Gasteiger partial charge in [0.05, 0.1) is 11.6 Å². The Morgan fingerprint density at radius 2 is 1.61 bits per heavy atom. The molecule has 0 saturated carbocycles. The van der Waals surface area contributed by atoms with Crippen LogP contribution in [0.25, 0.3) is 11.0 Å². The van der Waals surface area contributed by atoms with E-state index in [-0.39, 0.29) is 0 Å². The molecule has 0 amide bonds. The lowest BCUT2D eigenvalue weighted by atomic mass is 10.1. The van der Waals surface area contributed by atoms with Gasteiger partial charge < -0.3 is 15.1 Å². The molecule has 31 heavy (non-hydrogen) atoms. The molecule has 0 spiro atoms. The topological polar surface area (TPSA) is 62.1 Å². The van der Waals surface area contributed by atoms with E-state index in [1.165, 1.54) is 16.8 Å². The van der Waals surface area contributed by atoms with E-state index in [1.54, 1.807) is 0 Å². The number of benzene rings is 2. The van der Waals surface area contributed by atoms with Crippen molar-refractivity contribution in [1.29, 1.82) is 0 Å². The third-order valence-electron chi connectivity index (χ3n) is 5.90. The smallest absolute Gasteiger partial charge is 0.229 e. The molecule has 1 saturated heterocycles. The first-order valence-electron chi connectivity index (χ1n) is 10.7. The molecule has 7 heteroatoms. The van der Waals surface area contributed by atoms with Crippen molar-refractivity contribution in [3.8, 4) is 0 Å². The molecule has 4 aromatic rings. The summed E-state index contributed by atoms with van der Waals surface area (Å²) in [6, 6.07) is 17.0. The fraction of sp³-hybridized carbons (Fsp3) is 0.292. The second-order valence-electron chi connectivity index (χ2n) is 8.13. The minimum absolute atomic E-state index is 0.746. The quantitative estimate of drug-likeness (QED) is 0.545. The van der Waals surface area contributed by atoms with Gasteiger partial charge in [-0.3, -0.25) is 4.68 Å². The summed E-state index contributed by atoms with van der Waals surface area (Å²) in [6.45, 7) is 7.85. The van der Waals surface area contributed by atoms with E-state index in [4.69, 9.17) is 9.97 Å². The highest BCUT2D eigenvalue weighted by Crippen LogP contribution is 2.28. The molecule has 7 nitrogen and oxygen atoms in total. The maximum Gasteiger partial charge on any atom is 0.229 e. The van der Waals surface area contributed by atoms with Crippen LogP contribution in [0.2, 0.25) is 0 Å². The summed E-state index contributed by atoms with van der Waals surface area (Å²) >= 11 is 0. The molecule has 2 aromatic carbocycles. The third kappa shape index (κ3) is 3.79. The molecule has 158 valence electrons. The number of nitrogens with one attached hydrogen (secondary N) is 1. The Labute approximate surface area is 182 Å². The van der Waals surface area contributed by atoms with Crippen molar-refractivity contribution in [3.63, 3.8) is 0 Å². The van der Waals surface area contributed by atoms with Crippen molar-refractivity contribution >= 4 is 34.2 Å². The van der Waals surface area contributed by atoms with E-state index in [2.05, 4.69) is 82.6 Å². The number of para-hydroxylation sites is 1. The molecular weight excluding hydrogens is 386 g/mol. The zero-order valence-electron chi connectivity index (χ0n) is 18.2. The number of aryl methyl sites for hydroxylation is 3. The van der Waals surface area contributed by atoms with Gasteiger partial charge in [-0.05, 0) is 37.6 Å². The van der Waals surface area contributed by atoms with Crippen LogP contribution in [0, 0.1) is 13.8 Å². The first-order valence-corrected chi connectivity index (χ1v) is 10.7. The molecule has 0 atom stereocenters. The molecule has 0 unspecified atom stereocenters. The highest BCUT2D eigenvalue weighted by Gasteiger charge is 2.22. The number of nitrogens with zero attached hydrogens (tertiary/aromatic N) is 6. The van der Waals surface area contributed by atoms with E-state index in [9.17, 15) is 0 Å². The largest absolute Gasteiger partial charge is 0.368 e. The van der Waals surface area contributed by atoms with Crippen LogP contribution in [0.5, 0.6) is 0 Å². The molecule has 5 rings (SSSR count). The standard InChI is InChI=1S/C24H27N7/c1-17-9-10-21(18(2)15-17)26-22-20-16-25-29(3)23(20)28-24(27-22)31-13-11-30(12-14-31)19-7-5-4-6-8-19/h4-10,15-16H,11-14H2,1-3H3,(H,26,27,28). The highest BCUT2D eigenvalue weighted by atomic mass is 15.4. The van der Waals surface area contributed by atoms with Crippen LogP contribution < -0.4 is 15.1 Å². The van der Waals surface area contributed by atoms with Gasteiger partial charge in [-0.15, -0.1) is 0 Å². The molecule has 1 aliphatic rings. The molecule has 0 radical (unpaired) electrons. The molecule has 1 N–H and O–H groups in total. The van der Waals surface area contributed by atoms with Crippen molar-refractivity contribution in [2.45, 2.75) is 13.8 Å². The first-order chi connectivity index (χ1) is 15.1. The summed E-state index contributed by atoms with van der Waals surface area (Å²) in [7, 11) is 1.92. The van der Waals surface area contributed by atoms with Gasteiger partial charge in [-0.25, -0.2) is 0 Å². The van der Waals surface area contributed by atoms with Crippen LogP contribution in [0.3, 0.4) is 0 Å². The number of anilines is 4. The average molecular weight is 414 g/mol. The Morgan fingerprint density at radius 3 is 2.35 bits per heavy atom. The Balaban J connectivity index is 1.44. The lowest BCUT2D eigenvalue weighted by molar-refractivity contribution is 0.640. The fourth-order valence-corrected chi connectivity index (χ4v) is 4.13. The average Bonchev–Trinajstić information content (AvgIpc) is 3.17. The third-order valence-corrected chi connectivity index (χ3v) is 5.90. The van der Waals surface area contributed by atoms with E-state index in [1.807, 2.05) is 17.9 Å². The van der Waals surface area contributed by atoms with E-state index in [0.29, 0.717) is 0 Å². The molecule has 3 heterocycles. The van der Waals surface area contributed by atoms with Crippen molar-refractivity contribution < 1.29 is 0 Å². The summed E-state index contributed by atoms with van der Waals surface area (Å²) in [5.41, 5.74) is 5.59. The summed E-state index contributed by atoms with van der Waals surface area (Å²) in [5, 5.41) is 8.87. The van der Waals surface area contributed by atoms with E-state index < -0.39 is 0 Å². The molecule has 1 fully saturated rings. The second kappa shape index (κ2) is 7.91. The van der Waals surface area contributed by atoms with Gasteiger partial charge >= 0.3 is 0 Å². The van der Waals surface area contributed by atoms with Gasteiger partial charge in [0, 0.05) is 44.6 Å². The van der Waals surface area contributed by atoms with Gasteiger partial charge in [0.2, 0.25) is 5.95 Å². The Kier molecular flexibility index (Phi) is 4.94. The van der Waals surface area contributed by atoms with Crippen molar-refractivity contribution in [3.05, 3.63) is 65.9 Å². The van der Waals surface area contributed by atoms with Gasteiger partial charge in [-0.1, -0.05) is 35.9 Å². The predicted molar refractivity (Wildman–Crippen MR) is 126 cm³/mol. The normalized spacial score (nSPS) is 14.3. The number of piperazine rings is 1. The SMILES string of the molecule is Cc1ccc(Nc2nc(N3CCN(c4ccccc4)CC3)nc3c2cnn3C)c(C)c1. The van der Waals surface area contributed by atoms with Gasteiger partial charge in [0.1, 0.15) is 5.82 Å². The Morgan fingerprint density at radius 1 is 0.871 bits per heavy atom. The number of hydrogen-bond acceptors (Lipinski definition) is 6. The summed E-state index contributed by atoms with van der Waals surface area (Å²) < 4.78 is 1.81. The number of fused-ring (bicyclic) bond motifs is 1. The monoisotopic (exact) mass is 413 g/mol. The maximum absolute atomic E-state index is 4.93. The van der Waals surface area contributed by atoms with Gasteiger partial charge in [-0.2, -0.15) is 15.1 Å². The summed E-state index contributed by atoms with van der Waals surface area (Å²) in [5.74, 6) is 1.54. The lowest BCUT2D eigenvalue weighted by Crippen LogP contribution is -2.47. The minimum Gasteiger partial charge on any atom is -0.368 e. The van der Waals surface area contributed by atoms with Gasteiger partial charge in [0.25, 0.3) is 0 Å².